The van der Waals surface area contributed by atoms with E-state index in [2.05, 4.69) is 10.1 Å². The summed E-state index contributed by atoms with van der Waals surface area (Å²) in [6, 6.07) is 9.72. The van der Waals surface area contributed by atoms with Gasteiger partial charge in [-0.15, -0.1) is 0 Å². The SMILES string of the molecule is COC(=O)C(=O)C1(C(=O)OC)c2c(ccc3ccccc23)NC1(C(=O)OC)C(=O)OC. The van der Waals surface area contributed by atoms with Crippen molar-refractivity contribution in [1.82, 2.24) is 0 Å². The van der Waals surface area contributed by atoms with Crippen molar-refractivity contribution in [2.24, 2.45) is 0 Å². The van der Waals surface area contributed by atoms with Crippen LogP contribution in [0.1, 0.15) is 5.56 Å². The number of rotatable bonds is 5. The van der Waals surface area contributed by atoms with E-state index in [1.54, 1.807) is 30.3 Å². The number of ether oxygens (including phenoxy) is 4. The van der Waals surface area contributed by atoms with Crippen LogP contribution in [0.25, 0.3) is 10.8 Å². The van der Waals surface area contributed by atoms with E-state index in [9.17, 15) is 24.0 Å². The number of nitrogens with one attached hydrogen (secondary N) is 1. The Bertz CT molecular complexity index is 1110. The Hall–Kier alpha value is -3.95. The summed E-state index contributed by atoms with van der Waals surface area (Å²) in [5, 5.41) is 3.52. The first-order valence-electron chi connectivity index (χ1n) is 8.96. The van der Waals surface area contributed by atoms with Crippen molar-refractivity contribution in [2.45, 2.75) is 11.0 Å². The number of Topliss-reactive ketones (excluding diaryl/α,β-unsaturated/α-hetero) is 1. The molecule has 0 saturated carbocycles. The van der Waals surface area contributed by atoms with Gasteiger partial charge in [0, 0.05) is 11.3 Å². The summed E-state index contributed by atoms with van der Waals surface area (Å²) in [6.45, 7) is 0. The van der Waals surface area contributed by atoms with Crippen molar-refractivity contribution in [2.75, 3.05) is 33.8 Å². The fourth-order valence-electron chi connectivity index (χ4n) is 4.09. The second-order valence-corrected chi connectivity index (χ2v) is 6.63. The number of esters is 4. The zero-order chi connectivity index (χ0) is 23.0. The van der Waals surface area contributed by atoms with E-state index < -0.39 is 40.6 Å². The van der Waals surface area contributed by atoms with Crippen LogP contribution in [0.3, 0.4) is 0 Å². The number of carbonyl (C=O) groups is 5. The number of benzene rings is 2. The summed E-state index contributed by atoms with van der Waals surface area (Å²) in [5.41, 5.74) is -5.66. The van der Waals surface area contributed by atoms with Crippen LogP contribution in [0.2, 0.25) is 0 Å². The molecule has 0 amide bonds. The van der Waals surface area contributed by atoms with Crippen molar-refractivity contribution in [3.63, 3.8) is 0 Å². The van der Waals surface area contributed by atoms with Crippen LogP contribution in [-0.4, -0.2) is 63.6 Å². The van der Waals surface area contributed by atoms with Crippen LogP contribution >= 0.6 is 0 Å². The van der Waals surface area contributed by atoms with Crippen LogP contribution in [0, 0.1) is 0 Å². The van der Waals surface area contributed by atoms with Gasteiger partial charge in [0.1, 0.15) is 0 Å². The molecule has 10 nitrogen and oxygen atoms in total. The van der Waals surface area contributed by atoms with Gasteiger partial charge < -0.3 is 24.3 Å². The fraction of sp³-hybridized carbons (Fsp3) is 0.286. The first kappa shape index (κ1) is 21.8. The van der Waals surface area contributed by atoms with Gasteiger partial charge in [0.2, 0.25) is 5.41 Å². The minimum Gasteiger partial charge on any atom is -0.468 e. The van der Waals surface area contributed by atoms with Crippen molar-refractivity contribution >= 4 is 46.1 Å². The third-order valence-corrected chi connectivity index (χ3v) is 5.37. The van der Waals surface area contributed by atoms with E-state index in [-0.39, 0.29) is 11.3 Å². The molecule has 2 aromatic carbocycles. The molecule has 0 saturated heterocycles. The molecular weight excluding hydrogens is 410 g/mol. The van der Waals surface area contributed by atoms with Crippen LogP contribution in [0.15, 0.2) is 36.4 Å². The highest BCUT2D eigenvalue weighted by molar-refractivity contribution is 6.47. The fourth-order valence-corrected chi connectivity index (χ4v) is 4.09. The van der Waals surface area contributed by atoms with Crippen molar-refractivity contribution in [1.29, 1.82) is 0 Å². The highest BCUT2D eigenvalue weighted by atomic mass is 16.6. The van der Waals surface area contributed by atoms with Crippen LogP contribution < -0.4 is 5.32 Å². The maximum Gasteiger partial charge on any atom is 0.376 e. The lowest BCUT2D eigenvalue weighted by molar-refractivity contribution is -0.176. The van der Waals surface area contributed by atoms with E-state index in [1.807, 2.05) is 0 Å². The number of anilines is 1. The Morgan fingerprint density at radius 3 is 1.87 bits per heavy atom. The van der Waals surface area contributed by atoms with Crippen LogP contribution in [0.4, 0.5) is 5.69 Å². The van der Waals surface area contributed by atoms with E-state index >= 15 is 0 Å². The van der Waals surface area contributed by atoms with Crippen LogP contribution in [0.5, 0.6) is 0 Å². The molecule has 1 unspecified atom stereocenters. The lowest BCUT2D eigenvalue weighted by Crippen LogP contribution is -2.71. The molecular formula is C21H19NO9. The van der Waals surface area contributed by atoms with Gasteiger partial charge in [0.25, 0.3) is 11.3 Å². The topological polar surface area (TPSA) is 134 Å². The van der Waals surface area contributed by atoms with Gasteiger partial charge in [-0.05, 0) is 16.8 Å². The predicted molar refractivity (Wildman–Crippen MR) is 105 cm³/mol. The number of methoxy groups -OCH3 is 4. The van der Waals surface area contributed by atoms with E-state index in [0.717, 1.165) is 28.4 Å². The van der Waals surface area contributed by atoms with Gasteiger partial charge in [-0.25, -0.2) is 14.4 Å². The molecule has 3 rings (SSSR count). The predicted octanol–water partition coefficient (Wildman–Crippen LogP) is 0.503. The molecule has 31 heavy (non-hydrogen) atoms. The van der Waals surface area contributed by atoms with Crippen LogP contribution in [-0.2, 0) is 48.3 Å². The van der Waals surface area contributed by atoms with Gasteiger partial charge in [0.05, 0.1) is 28.4 Å². The molecule has 10 heteroatoms. The summed E-state index contributed by atoms with van der Waals surface area (Å²) in [7, 11) is 3.80. The van der Waals surface area contributed by atoms with E-state index in [1.165, 1.54) is 6.07 Å². The smallest absolute Gasteiger partial charge is 0.376 e. The molecule has 1 atom stereocenters. The number of hydrogen-bond donors (Lipinski definition) is 1. The van der Waals surface area contributed by atoms with Crippen molar-refractivity contribution in [3.05, 3.63) is 42.0 Å². The molecule has 0 fully saturated rings. The number of ketones is 1. The van der Waals surface area contributed by atoms with Crippen molar-refractivity contribution in [3.8, 4) is 0 Å². The van der Waals surface area contributed by atoms with Gasteiger partial charge in [-0.3, -0.25) is 9.59 Å². The van der Waals surface area contributed by atoms with E-state index in [4.69, 9.17) is 14.2 Å². The Labute approximate surface area is 176 Å². The maximum absolute atomic E-state index is 13.5. The Balaban J connectivity index is 2.62. The number of fused-ring (bicyclic) bond motifs is 3. The summed E-state index contributed by atoms with van der Waals surface area (Å²) in [4.78, 5) is 65.5. The molecule has 1 aliphatic heterocycles. The average Bonchev–Trinajstić information content (AvgIpc) is 3.14. The quantitative estimate of drug-likeness (QED) is 0.310. The number of carbonyl (C=O) groups excluding carboxylic acids is 5. The Morgan fingerprint density at radius 1 is 0.742 bits per heavy atom. The molecule has 0 bridgehead atoms. The molecule has 1 aliphatic rings. The second-order valence-electron chi connectivity index (χ2n) is 6.63. The van der Waals surface area contributed by atoms with Gasteiger partial charge in [-0.2, -0.15) is 0 Å². The highest BCUT2D eigenvalue weighted by Crippen LogP contribution is 2.53. The first-order valence-corrected chi connectivity index (χ1v) is 8.96. The summed E-state index contributed by atoms with van der Waals surface area (Å²) >= 11 is 0. The monoisotopic (exact) mass is 429 g/mol. The van der Waals surface area contributed by atoms with Gasteiger partial charge in [-0.1, -0.05) is 30.3 Å². The average molecular weight is 429 g/mol. The lowest BCUT2D eigenvalue weighted by Gasteiger charge is -2.37. The number of hydrogen-bond acceptors (Lipinski definition) is 10. The maximum atomic E-state index is 13.5. The Morgan fingerprint density at radius 2 is 1.32 bits per heavy atom. The molecule has 2 aromatic rings. The Kier molecular flexibility index (Phi) is 5.41. The standard InChI is InChI=1S/C21H19NO9/c1-28-16(24)15(23)20(17(25)29-2)14-12-8-6-5-7-11(12)9-10-13(14)22-21(20,18(26)30-3)19(27)31-4/h5-10,22H,1-4H3. The van der Waals surface area contributed by atoms with Gasteiger partial charge in [0.15, 0.2) is 0 Å². The normalized spacial score (nSPS) is 18.3. The second kappa shape index (κ2) is 7.71. The third-order valence-electron chi connectivity index (χ3n) is 5.37. The van der Waals surface area contributed by atoms with Gasteiger partial charge >= 0.3 is 23.9 Å². The minimum atomic E-state index is -2.83. The summed E-state index contributed by atoms with van der Waals surface area (Å²) in [5.74, 6) is -6.98. The lowest BCUT2D eigenvalue weighted by atomic mass is 9.63. The molecule has 162 valence electrons. The minimum absolute atomic E-state index is 0.0668. The zero-order valence-corrected chi connectivity index (χ0v) is 17.1. The largest absolute Gasteiger partial charge is 0.468 e. The molecule has 1 heterocycles. The van der Waals surface area contributed by atoms with Crippen molar-refractivity contribution < 1.29 is 42.9 Å². The van der Waals surface area contributed by atoms with E-state index in [0.29, 0.717) is 10.8 Å². The third kappa shape index (κ3) is 2.61. The zero-order valence-electron chi connectivity index (χ0n) is 17.1. The first-order chi connectivity index (χ1) is 14.8. The summed E-state index contributed by atoms with van der Waals surface area (Å²) < 4.78 is 19.0. The molecule has 1 N–H and O–H groups in total. The molecule has 0 spiro atoms. The molecule has 0 radical (unpaired) electrons. The molecule has 0 aliphatic carbocycles. The summed E-state index contributed by atoms with van der Waals surface area (Å²) in [6.07, 6.45) is 0. The highest BCUT2D eigenvalue weighted by Gasteiger charge is 2.78. The molecule has 0 aromatic heterocycles.